The SMILES string of the molecule is CCC(=O)Nc1nnc(S(=O)(=O)NCCCc2cccc(OC(C)C)c2)s1. The molecule has 2 rings (SSSR count). The zero-order chi connectivity index (χ0) is 19.9. The average Bonchev–Trinajstić information content (AvgIpc) is 3.08. The molecule has 0 radical (unpaired) electrons. The molecule has 10 heteroatoms. The minimum absolute atomic E-state index is 0.103. The summed E-state index contributed by atoms with van der Waals surface area (Å²) in [5.41, 5.74) is 1.08. The van der Waals surface area contributed by atoms with Gasteiger partial charge in [-0.05, 0) is 44.4 Å². The number of carbonyl (C=O) groups excluding carboxylic acids is 1. The van der Waals surface area contributed by atoms with Gasteiger partial charge in [-0.15, -0.1) is 10.2 Å². The topological polar surface area (TPSA) is 110 Å². The highest BCUT2D eigenvalue weighted by Crippen LogP contribution is 2.20. The molecule has 0 spiro atoms. The lowest BCUT2D eigenvalue weighted by molar-refractivity contribution is -0.115. The largest absolute Gasteiger partial charge is 0.491 e. The first-order valence-corrected chi connectivity index (χ1v) is 11.0. The van der Waals surface area contributed by atoms with Crippen LogP contribution in [0.3, 0.4) is 0 Å². The molecule has 1 aromatic heterocycles. The number of nitrogens with one attached hydrogen (secondary N) is 2. The highest BCUT2D eigenvalue weighted by molar-refractivity contribution is 7.91. The minimum atomic E-state index is -3.74. The number of aromatic nitrogens is 2. The van der Waals surface area contributed by atoms with Crippen LogP contribution in [0.1, 0.15) is 39.2 Å². The maximum absolute atomic E-state index is 12.3. The van der Waals surface area contributed by atoms with Crippen molar-refractivity contribution >= 4 is 32.4 Å². The first kappa shape index (κ1) is 21.3. The Bertz CT molecular complexity index is 865. The zero-order valence-electron chi connectivity index (χ0n) is 15.6. The Morgan fingerprint density at radius 1 is 1.30 bits per heavy atom. The summed E-state index contributed by atoms with van der Waals surface area (Å²) in [6.07, 6.45) is 1.73. The summed E-state index contributed by atoms with van der Waals surface area (Å²) in [5.74, 6) is 0.560. The Morgan fingerprint density at radius 3 is 2.78 bits per heavy atom. The van der Waals surface area contributed by atoms with E-state index in [4.69, 9.17) is 4.74 Å². The maximum Gasteiger partial charge on any atom is 0.269 e. The number of sulfonamides is 1. The number of rotatable bonds is 10. The molecule has 27 heavy (non-hydrogen) atoms. The third kappa shape index (κ3) is 6.89. The molecule has 1 amide bonds. The van der Waals surface area contributed by atoms with Crippen molar-refractivity contribution in [3.8, 4) is 5.75 Å². The van der Waals surface area contributed by atoms with Crippen LogP contribution in [0.4, 0.5) is 5.13 Å². The van der Waals surface area contributed by atoms with E-state index in [0.29, 0.717) is 12.8 Å². The molecule has 0 fully saturated rings. The van der Waals surface area contributed by atoms with Gasteiger partial charge in [0.2, 0.25) is 15.4 Å². The second kappa shape index (κ2) is 9.77. The number of hydrogen-bond acceptors (Lipinski definition) is 7. The smallest absolute Gasteiger partial charge is 0.269 e. The van der Waals surface area contributed by atoms with Crippen LogP contribution < -0.4 is 14.8 Å². The van der Waals surface area contributed by atoms with E-state index in [-0.39, 0.29) is 34.4 Å². The van der Waals surface area contributed by atoms with Crippen LogP contribution >= 0.6 is 11.3 Å². The van der Waals surface area contributed by atoms with E-state index < -0.39 is 10.0 Å². The van der Waals surface area contributed by atoms with E-state index >= 15 is 0 Å². The highest BCUT2D eigenvalue weighted by atomic mass is 32.2. The van der Waals surface area contributed by atoms with Crippen molar-refractivity contribution in [3.63, 3.8) is 0 Å². The third-order valence-electron chi connectivity index (χ3n) is 3.41. The predicted molar refractivity (Wildman–Crippen MR) is 105 cm³/mol. The molecule has 0 unspecified atom stereocenters. The molecule has 1 heterocycles. The summed E-state index contributed by atoms with van der Waals surface area (Å²) < 4.78 is 32.5. The van der Waals surface area contributed by atoms with Gasteiger partial charge in [0.1, 0.15) is 5.75 Å². The quantitative estimate of drug-likeness (QED) is 0.458. The fourth-order valence-corrected chi connectivity index (χ4v) is 4.21. The van der Waals surface area contributed by atoms with Crippen molar-refractivity contribution in [1.29, 1.82) is 0 Å². The summed E-state index contributed by atoms with van der Waals surface area (Å²) >= 11 is 0.824. The number of benzene rings is 1. The molecule has 2 aromatic rings. The summed E-state index contributed by atoms with van der Waals surface area (Å²) in [6.45, 7) is 5.90. The molecule has 0 bridgehead atoms. The van der Waals surface area contributed by atoms with Crippen molar-refractivity contribution in [2.24, 2.45) is 0 Å². The standard InChI is InChI=1S/C17H24N4O4S2/c1-4-15(22)19-16-20-21-17(26-16)27(23,24)18-10-6-8-13-7-5-9-14(11-13)25-12(2)3/h5,7,9,11-12,18H,4,6,8,10H2,1-3H3,(H,19,20,22). The molecular formula is C17H24N4O4S2. The number of aryl methyl sites for hydroxylation is 1. The van der Waals surface area contributed by atoms with Gasteiger partial charge in [0.15, 0.2) is 0 Å². The molecule has 0 saturated heterocycles. The Balaban J connectivity index is 1.85. The number of anilines is 1. The summed E-state index contributed by atoms with van der Waals surface area (Å²) in [4.78, 5) is 11.3. The van der Waals surface area contributed by atoms with Gasteiger partial charge in [-0.3, -0.25) is 4.79 Å². The number of amides is 1. The molecule has 0 aliphatic carbocycles. The minimum Gasteiger partial charge on any atom is -0.491 e. The van der Waals surface area contributed by atoms with Gasteiger partial charge in [0.25, 0.3) is 10.0 Å². The van der Waals surface area contributed by atoms with Crippen molar-refractivity contribution < 1.29 is 17.9 Å². The van der Waals surface area contributed by atoms with Crippen molar-refractivity contribution in [2.75, 3.05) is 11.9 Å². The van der Waals surface area contributed by atoms with Crippen LogP contribution in [-0.2, 0) is 21.2 Å². The van der Waals surface area contributed by atoms with Gasteiger partial charge >= 0.3 is 0 Å². The lowest BCUT2D eigenvalue weighted by Crippen LogP contribution is -2.25. The van der Waals surface area contributed by atoms with Gasteiger partial charge < -0.3 is 10.1 Å². The van der Waals surface area contributed by atoms with Gasteiger partial charge in [-0.1, -0.05) is 30.4 Å². The molecule has 148 valence electrons. The molecule has 0 saturated carbocycles. The van der Waals surface area contributed by atoms with Crippen molar-refractivity contribution in [2.45, 2.75) is 50.5 Å². The lowest BCUT2D eigenvalue weighted by atomic mass is 10.1. The summed E-state index contributed by atoms with van der Waals surface area (Å²) in [5, 5.41) is 9.98. The number of carbonyl (C=O) groups is 1. The predicted octanol–water partition coefficient (Wildman–Crippen LogP) is 2.58. The second-order valence-electron chi connectivity index (χ2n) is 6.09. The maximum atomic E-state index is 12.3. The second-order valence-corrected chi connectivity index (χ2v) is 9.01. The summed E-state index contributed by atoms with van der Waals surface area (Å²) in [6, 6.07) is 7.76. The number of hydrogen-bond donors (Lipinski definition) is 2. The fourth-order valence-electron chi connectivity index (χ4n) is 2.18. The van der Waals surface area contributed by atoms with Crippen LogP contribution in [0.5, 0.6) is 5.75 Å². The van der Waals surface area contributed by atoms with E-state index in [1.807, 2.05) is 38.1 Å². The number of ether oxygens (including phenoxy) is 1. The Kier molecular flexibility index (Phi) is 7.69. The molecule has 1 aromatic carbocycles. The van der Waals surface area contributed by atoms with E-state index in [9.17, 15) is 13.2 Å². The third-order valence-corrected chi connectivity index (χ3v) is 6.08. The van der Waals surface area contributed by atoms with E-state index in [0.717, 1.165) is 22.6 Å². The number of nitrogens with zero attached hydrogens (tertiary/aromatic N) is 2. The van der Waals surface area contributed by atoms with E-state index in [1.54, 1.807) is 6.92 Å². The van der Waals surface area contributed by atoms with Crippen molar-refractivity contribution in [3.05, 3.63) is 29.8 Å². The van der Waals surface area contributed by atoms with Crippen LogP contribution in [0, 0.1) is 0 Å². The van der Waals surface area contributed by atoms with Gasteiger partial charge in [-0.25, -0.2) is 13.1 Å². The molecule has 2 N–H and O–H groups in total. The zero-order valence-corrected chi connectivity index (χ0v) is 17.2. The highest BCUT2D eigenvalue weighted by Gasteiger charge is 2.20. The van der Waals surface area contributed by atoms with Gasteiger partial charge in [0, 0.05) is 13.0 Å². The van der Waals surface area contributed by atoms with Crippen LogP contribution in [0.25, 0.3) is 0 Å². The average molecular weight is 413 g/mol. The molecular weight excluding hydrogens is 388 g/mol. The Hall–Kier alpha value is -2.04. The molecule has 0 aliphatic rings. The Labute approximate surface area is 163 Å². The first-order valence-electron chi connectivity index (χ1n) is 8.68. The van der Waals surface area contributed by atoms with E-state index in [1.165, 1.54) is 0 Å². The van der Waals surface area contributed by atoms with Crippen LogP contribution in [-0.4, -0.2) is 37.2 Å². The normalized spacial score (nSPS) is 11.6. The monoisotopic (exact) mass is 412 g/mol. The van der Waals surface area contributed by atoms with E-state index in [2.05, 4.69) is 20.2 Å². The lowest BCUT2D eigenvalue weighted by Gasteiger charge is -2.11. The van der Waals surface area contributed by atoms with Crippen LogP contribution in [0.15, 0.2) is 28.6 Å². The molecule has 0 aliphatic heterocycles. The summed E-state index contributed by atoms with van der Waals surface area (Å²) in [7, 11) is -3.74. The first-order chi connectivity index (χ1) is 12.8. The van der Waals surface area contributed by atoms with Crippen LogP contribution in [0.2, 0.25) is 0 Å². The van der Waals surface area contributed by atoms with Gasteiger partial charge in [0.05, 0.1) is 6.10 Å². The van der Waals surface area contributed by atoms with Gasteiger partial charge in [-0.2, -0.15) is 0 Å². The van der Waals surface area contributed by atoms with Crippen molar-refractivity contribution in [1.82, 2.24) is 14.9 Å². The Morgan fingerprint density at radius 2 is 2.07 bits per heavy atom. The molecule has 8 nitrogen and oxygen atoms in total. The molecule has 0 atom stereocenters. The fraction of sp³-hybridized carbons (Fsp3) is 0.471.